The van der Waals surface area contributed by atoms with Crippen molar-refractivity contribution in [2.24, 2.45) is 23.7 Å². The summed E-state index contributed by atoms with van der Waals surface area (Å²) in [5.74, 6) is -11.1. The molecular weight excluding hydrogens is 1210 g/mol. The molecule has 4 N–H and O–H groups in total. The van der Waals surface area contributed by atoms with Crippen molar-refractivity contribution in [2.75, 3.05) is 69.0 Å². The first-order valence-corrected chi connectivity index (χ1v) is 31.0. The van der Waals surface area contributed by atoms with Gasteiger partial charge in [0.25, 0.3) is 0 Å². The predicted octanol–water partition coefficient (Wildman–Crippen LogP) is 4.92. The average molecular weight is 1310 g/mol. The van der Waals surface area contributed by atoms with Crippen molar-refractivity contribution in [2.45, 2.75) is 175 Å². The summed E-state index contributed by atoms with van der Waals surface area (Å²) in [6, 6.07) is -0.0501. The highest BCUT2D eigenvalue weighted by Crippen LogP contribution is 2.32. The Morgan fingerprint density at radius 2 is 1.14 bits per heavy atom. The molecule has 0 radical (unpaired) electrons. The highest BCUT2D eigenvalue weighted by Gasteiger charge is 2.43. The molecule has 1 fully saturated rings. The fraction of sp³-hybridized carbons (Fsp3) is 0.641. The van der Waals surface area contributed by atoms with Crippen molar-refractivity contribution >= 4 is 76.6 Å². The third-order valence-corrected chi connectivity index (χ3v) is 17.1. The number of alkyl halides is 3. The fourth-order valence-electron chi connectivity index (χ4n) is 10.2. The molecule has 1 aliphatic heterocycles. The zero-order valence-electron chi connectivity index (χ0n) is 56.0. The maximum atomic E-state index is 14.9. The molecule has 22 nitrogen and oxygen atoms in total. The van der Waals surface area contributed by atoms with E-state index < -0.39 is 162 Å². The van der Waals surface area contributed by atoms with Gasteiger partial charge in [-0.1, -0.05) is 91.6 Å². The SMILES string of the molecule is CC[C@H](C)[C@@H]1NC(=O)[C@H](CC(C)C)N(C)C(=O)C[C@@H](C)N(C)C(=O)[C@H](C(C)C)NC(=O)C(C)(C)N(C)C(=O)[C@@H](CC(C)C)NC(=O)[C@H](CCc2ccc(C(F)(F)F)c(F)c2)NC(=O)CN(C)C(=O)[C@H](Cc2ccc(Cl)cc2)N(C)C(=O)CN(C)C(=O)CN(C)C1=O. The molecule has 3 rings (SSSR count). The Morgan fingerprint density at radius 1 is 0.593 bits per heavy atom. The maximum Gasteiger partial charge on any atom is 0.419 e. The highest BCUT2D eigenvalue weighted by molar-refractivity contribution is 6.30. The topological polar surface area (TPSA) is 259 Å². The molecule has 0 unspecified atom stereocenters. The molecule has 1 aliphatic rings. The third kappa shape index (κ3) is 21.9. The number of carbonyl (C=O) groups is 11. The smallest absolute Gasteiger partial charge is 0.343 e. The first kappa shape index (κ1) is 77.9. The van der Waals surface area contributed by atoms with Gasteiger partial charge < -0.3 is 55.6 Å². The van der Waals surface area contributed by atoms with Crippen LogP contribution in [-0.4, -0.2) is 216 Å². The molecule has 8 atom stereocenters. The summed E-state index contributed by atoms with van der Waals surface area (Å²) < 4.78 is 55.6. The largest absolute Gasteiger partial charge is 0.419 e. The van der Waals surface area contributed by atoms with E-state index >= 15 is 0 Å². The number of amides is 11. The van der Waals surface area contributed by atoms with Crippen molar-refractivity contribution in [3.63, 3.8) is 0 Å². The average Bonchev–Trinajstić information content (AvgIpc) is 0.947. The Bertz CT molecular complexity index is 2930. The second-order valence-corrected chi connectivity index (χ2v) is 26.3. The Labute approximate surface area is 538 Å². The minimum atomic E-state index is -5.01. The molecule has 508 valence electrons. The van der Waals surface area contributed by atoms with Gasteiger partial charge in [0.1, 0.15) is 47.6 Å². The second kappa shape index (κ2) is 33.8. The van der Waals surface area contributed by atoms with E-state index in [9.17, 15) is 70.3 Å². The normalized spacial score (nSPS) is 23.6. The lowest BCUT2D eigenvalue weighted by Crippen LogP contribution is -2.63. The molecule has 0 aromatic heterocycles. The predicted molar refractivity (Wildman–Crippen MR) is 336 cm³/mol. The summed E-state index contributed by atoms with van der Waals surface area (Å²) in [6.07, 6.45) is -5.53. The first-order chi connectivity index (χ1) is 42.0. The Hall–Kier alpha value is -7.38. The molecule has 0 spiro atoms. The van der Waals surface area contributed by atoms with Crippen LogP contribution in [0.1, 0.15) is 125 Å². The number of hydrogen-bond acceptors (Lipinski definition) is 11. The third-order valence-electron chi connectivity index (χ3n) is 16.9. The quantitative estimate of drug-likeness (QED) is 0.207. The zero-order chi connectivity index (χ0) is 69.5. The number of likely N-dealkylation sites (N-methyl/N-ethyl adjacent to an activating group) is 7. The summed E-state index contributed by atoms with van der Waals surface area (Å²) in [7, 11) is 9.49. The van der Waals surface area contributed by atoms with E-state index in [1.807, 2.05) is 20.8 Å². The summed E-state index contributed by atoms with van der Waals surface area (Å²) in [5.41, 5.74) is -2.72. The van der Waals surface area contributed by atoms with E-state index in [0.29, 0.717) is 29.1 Å². The number of hydrogen-bond donors (Lipinski definition) is 4. The summed E-state index contributed by atoms with van der Waals surface area (Å²) in [5, 5.41) is 11.3. The van der Waals surface area contributed by atoms with Gasteiger partial charge in [0, 0.05) is 73.2 Å². The minimum Gasteiger partial charge on any atom is -0.343 e. The van der Waals surface area contributed by atoms with E-state index in [2.05, 4.69) is 21.3 Å². The Balaban J connectivity index is 2.23. The number of rotatable bonds is 12. The fourth-order valence-corrected chi connectivity index (χ4v) is 10.3. The van der Waals surface area contributed by atoms with Gasteiger partial charge >= 0.3 is 6.18 Å². The van der Waals surface area contributed by atoms with Gasteiger partial charge in [-0.3, -0.25) is 52.7 Å². The molecule has 11 amide bonds. The number of halogens is 5. The number of carbonyl (C=O) groups excluding carboxylic acids is 11. The summed E-state index contributed by atoms with van der Waals surface area (Å²) in [4.78, 5) is 166. The van der Waals surface area contributed by atoms with Crippen LogP contribution in [0, 0.1) is 29.5 Å². The molecule has 0 saturated carbocycles. The molecule has 91 heavy (non-hydrogen) atoms. The summed E-state index contributed by atoms with van der Waals surface area (Å²) >= 11 is 6.18. The minimum absolute atomic E-state index is 0.0122. The first-order valence-electron chi connectivity index (χ1n) is 30.7. The van der Waals surface area contributed by atoms with Crippen molar-refractivity contribution < 1.29 is 70.3 Å². The number of nitrogens with one attached hydrogen (secondary N) is 4. The Kier molecular flexibility index (Phi) is 28.9. The molecule has 0 aliphatic carbocycles. The zero-order valence-corrected chi connectivity index (χ0v) is 56.7. The maximum absolute atomic E-state index is 14.9. The van der Waals surface area contributed by atoms with Gasteiger partial charge in [0.15, 0.2) is 0 Å². The van der Waals surface area contributed by atoms with E-state index in [4.69, 9.17) is 11.6 Å². The standard InChI is InChI=1S/C64H96ClF4N11O11/c1-19-39(8)55-60(89)76(14)34-52(83)74(12)35-53(84)79(17)49(32-42-20-24-43(65)25-21-42)59(88)75(13)33-50(81)70-46(27-23-41-22-26-44(45(66)31-41)64(67,68)69)56(85)71-47(28-36(2)3)58(87)80(18)63(10,11)62(91)73-54(38(6)7)61(90)77(15)40(9)30-51(82)78(16)48(29-37(4)5)57(86)72-55/h20-22,24-26,31,36-40,46-49,54-55H,19,23,27-30,32-35H2,1-18H3,(H,70,81)(H,71,85)(H,72,86)(H,73,91)/t39-,40+,46-,47+,48-,49-,54-,55-/m0/s1. The van der Waals surface area contributed by atoms with Crippen LogP contribution in [0.15, 0.2) is 42.5 Å². The van der Waals surface area contributed by atoms with Crippen molar-refractivity contribution in [3.8, 4) is 0 Å². The number of benzene rings is 2. The van der Waals surface area contributed by atoms with Crippen LogP contribution in [-0.2, 0) is 71.8 Å². The molecular formula is C64H96ClF4N11O11. The van der Waals surface area contributed by atoms with Gasteiger partial charge in [-0.15, -0.1) is 0 Å². The lowest BCUT2D eigenvalue weighted by molar-refractivity contribution is -0.149. The van der Waals surface area contributed by atoms with E-state index in [-0.39, 0.29) is 55.9 Å². The van der Waals surface area contributed by atoms with Crippen LogP contribution >= 0.6 is 11.6 Å². The Morgan fingerprint density at radius 3 is 1.68 bits per heavy atom. The molecule has 0 bridgehead atoms. The molecule has 1 saturated heterocycles. The second-order valence-electron chi connectivity index (χ2n) is 25.8. The highest BCUT2D eigenvalue weighted by atomic mass is 35.5. The van der Waals surface area contributed by atoms with Crippen LogP contribution in [0.4, 0.5) is 17.6 Å². The monoisotopic (exact) mass is 1310 g/mol. The lowest BCUT2D eigenvalue weighted by Gasteiger charge is -2.39. The lowest BCUT2D eigenvalue weighted by atomic mass is 9.95. The number of aryl methyl sites for hydroxylation is 1. The molecule has 27 heteroatoms. The van der Waals surface area contributed by atoms with E-state index in [1.54, 1.807) is 65.8 Å². The number of nitrogens with zero attached hydrogens (tertiary/aromatic N) is 7. The van der Waals surface area contributed by atoms with E-state index in [1.165, 1.54) is 73.0 Å². The van der Waals surface area contributed by atoms with Crippen molar-refractivity contribution in [1.29, 1.82) is 0 Å². The van der Waals surface area contributed by atoms with Gasteiger partial charge in [-0.2, -0.15) is 13.2 Å². The summed E-state index contributed by atoms with van der Waals surface area (Å²) in [6.45, 7) is 16.7. The molecule has 2 aromatic rings. The van der Waals surface area contributed by atoms with Gasteiger partial charge in [0.05, 0.1) is 25.2 Å². The van der Waals surface area contributed by atoms with Crippen LogP contribution in [0.5, 0.6) is 0 Å². The van der Waals surface area contributed by atoms with Crippen molar-refractivity contribution in [3.05, 3.63) is 70.0 Å². The molecule has 1 heterocycles. The van der Waals surface area contributed by atoms with Crippen LogP contribution in [0.2, 0.25) is 5.02 Å². The van der Waals surface area contributed by atoms with E-state index in [0.717, 1.165) is 30.6 Å². The molecule has 2 aromatic carbocycles. The van der Waals surface area contributed by atoms with Gasteiger partial charge in [0.2, 0.25) is 65.0 Å². The van der Waals surface area contributed by atoms with Crippen LogP contribution < -0.4 is 21.3 Å². The van der Waals surface area contributed by atoms with Crippen LogP contribution in [0.3, 0.4) is 0 Å². The van der Waals surface area contributed by atoms with Gasteiger partial charge in [-0.25, -0.2) is 4.39 Å². The van der Waals surface area contributed by atoms with Crippen molar-refractivity contribution in [1.82, 2.24) is 55.6 Å². The van der Waals surface area contributed by atoms with Crippen LogP contribution in [0.25, 0.3) is 0 Å². The van der Waals surface area contributed by atoms with Gasteiger partial charge in [-0.05, 0) is 106 Å².